The Morgan fingerprint density at radius 2 is 1.03 bits per heavy atom. The normalized spacial score (nSPS) is 10.7. The van der Waals surface area contributed by atoms with Crippen molar-refractivity contribution in [2.75, 3.05) is 52.4 Å². The van der Waals surface area contributed by atoms with Gasteiger partial charge in [-0.1, -0.05) is 52.0 Å². The minimum Gasteiger partial charge on any atom is -0.872 e. The van der Waals surface area contributed by atoms with Crippen LogP contribution in [0.4, 0.5) is 0 Å². The van der Waals surface area contributed by atoms with Crippen LogP contribution in [0.3, 0.4) is 0 Å². The Kier molecular flexibility index (Phi) is 26.2. The molecule has 0 unspecified atom stereocenters. The van der Waals surface area contributed by atoms with Crippen molar-refractivity contribution >= 4 is 0 Å². The van der Waals surface area contributed by atoms with Crippen molar-refractivity contribution in [1.82, 2.24) is 14.7 Å². The summed E-state index contributed by atoms with van der Waals surface area (Å²) in [7, 11) is -4.94. The SMILES string of the molecule is CCN(CC)CCN(CCN(CC)CC)Cc1ccccc1[O-].O.[O-][Cl+3]([O-])([O-])[O-].[OH3+].[Zn+2]. The third kappa shape index (κ3) is 21.2. The second kappa shape index (κ2) is 21.4. The van der Waals surface area contributed by atoms with Crippen molar-refractivity contribution in [1.29, 1.82) is 0 Å². The van der Waals surface area contributed by atoms with Crippen LogP contribution in [0.5, 0.6) is 5.75 Å². The smallest absolute Gasteiger partial charge is 0.872 e. The molecule has 0 saturated carbocycles. The van der Waals surface area contributed by atoms with Gasteiger partial charge in [-0.15, -0.1) is 16.0 Å². The van der Waals surface area contributed by atoms with Gasteiger partial charge in [0.05, 0.1) is 0 Å². The van der Waals surface area contributed by atoms with E-state index in [2.05, 4.69) is 42.4 Å². The second-order valence-electron chi connectivity index (χ2n) is 6.32. The number of hydrogen-bond donors (Lipinski definition) is 0. The number of nitrogens with zero attached hydrogens (tertiary/aromatic N) is 3. The van der Waals surface area contributed by atoms with Gasteiger partial charge in [0.15, 0.2) is 0 Å². The summed E-state index contributed by atoms with van der Waals surface area (Å²) in [6, 6.07) is 7.41. The van der Waals surface area contributed by atoms with Crippen LogP contribution in [0.25, 0.3) is 0 Å². The van der Waals surface area contributed by atoms with E-state index < -0.39 is 10.2 Å². The first-order valence-electron chi connectivity index (χ1n) is 9.68. The van der Waals surface area contributed by atoms with E-state index in [0.717, 1.165) is 64.5 Å². The first-order valence-corrected chi connectivity index (χ1v) is 10.9. The molecule has 1 rings (SSSR count). The number of likely N-dealkylation sites (N-methyl/N-ethyl adjacent to an activating group) is 2. The molecule has 0 bridgehead atoms. The van der Waals surface area contributed by atoms with Crippen LogP contribution in [0.2, 0.25) is 0 Å². The molecule has 0 atom stereocenters. The summed E-state index contributed by atoms with van der Waals surface area (Å²) in [6.45, 7) is 18.0. The molecule has 1 aromatic carbocycles. The van der Waals surface area contributed by atoms with Crippen LogP contribution in [-0.2, 0) is 31.5 Å². The van der Waals surface area contributed by atoms with Crippen molar-refractivity contribution in [3.8, 4) is 5.75 Å². The predicted octanol–water partition coefficient (Wildman–Crippen LogP) is -4.26. The third-order valence-electron chi connectivity index (χ3n) is 4.62. The molecule has 0 amide bonds. The zero-order chi connectivity index (χ0) is 21.6. The Labute approximate surface area is 201 Å². The van der Waals surface area contributed by atoms with Gasteiger partial charge in [0.1, 0.15) is 0 Å². The van der Waals surface area contributed by atoms with Gasteiger partial charge in [0.25, 0.3) is 0 Å². The Hall–Kier alpha value is -0.427. The van der Waals surface area contributed by atoms with Crippen molar-refractivity contribution in [2.24, 2.45) is 0 Å². The monoisotopic (exact) mass is 520 g/mol. The molecule has 31 heavy (non-hydrogen) atoms. The average Bonchev–Trinajstić information content (AvgIpc) is 2.63. The Bertz CT molecular complexity index is 498. The molecule has 0 aliphatic rings. The van der Waals surface area contributed by atoms with Crippen LogP contribution in [-0.4, -0.2) is 72.5 Å². The van der Waals surface area contributed by atoms with Gasteiger partial charge in [-0.25, -0.2) is 18.6 Å². The van der Waals surface area contributed by atoms with Gasteiger partial charge in [-0.2, -0.15) is 0 Å². The maximum Gasteiger partial charge on any atom is 2.00 e. The number of hydrogen-bond acceptors (Lipinski definition) is 8. The van der Waals surface area contributed by atoms with Gasteiger partial charge in [0, 0.05) is 32.7 Å². The van der Waals surface area contributed by atoms with Gasteiger partial charge >= 0.3 is 19.5 Å². The van der Waals surface area contributed by atoms with Crippen LogP contribution in [0.15, 0.2) is 24.3 Å². The van der Waals surface area contributed by atoms with Crippen LogP contribution < -0.4 is 23.7 Å². The van der Waals surface area contributed by atoms with E-state index in [1.807, 2.05) is 18.2 Å². The maximum atomic E-state index is 12.0. The molecule has 0 saturated heterocycles. The standard InChI is InChI=1S/C19H35N3O.ClHO4.2H2O.Zn/c1-5-20(6-2)13-15-22(16-14-21(7-3)8-4)17-18-11-9-10-12-19(18)23;2-1(3,4)5;;;/h9-12,23H,5-8,13-17H2,1-4H3;(H,2,3,4,5);2*1H2;/q;;;;+2/p-1. The fourth-order valence-corrected chi connectivity index (χ4v) is 2.79. The Morgan fingerprint density at radius 1 is 0.710 bits per heavy atom. The van der Waals surface area contributed by atoms with Gasteiger partial charge in [-0.05, 0) is 31.7 Å². The molecule has 5 N–H and O–H groups in total. The van der Waals surface area contributed by atoms with Crippen molar-refractivity contribution in [3.05, 3.63) is 29.8 Å². The summed E-state index contributed by atoms with van der Waals surface area (Å²) in [5, 5.41) is 12.0. The van der Waals surface area contributed by atoms with Crippen molar-refractivity contribution in [2.45, 2.75) is 34.2 Å². The molecule has 0 aliphatic carbocycles. The van der Waals surface area contributed by atoms with Gasteiger partial charge < -0.3 is 25.9 Å². The zero-order valence-corrected chi connectivity index (χ0v) is 22.9. The number of benzene rings is 1. The maximum absolute atomic E-state index is 12.0. The van der Waals surface area contributed by atoms with Gasteiger partial charge in [-0.3, -0.25) is 4.90 Å². The van der Waals surface area contributed by atoms with E-state index in [0.29, 0.717) is 0 Å². The second-order valence-corrected chi connectivity index (χ2v) is 7.07. The summed E-state index contributed by atoms with van der Waals surface area (Å²) in [6.07, 6.45) is 0. The molecule has 180 valence electrons. The molecule has 0 fully saturated rings. The van der Waals surface area contributed by atoms with Crippen LogP contribution in [0, 0.1) is 10.2 Å². The largest absolute Gasteiger partial charge is 2.00 e. The van der Waals surface area contributed by atoms with Crippen molar-refractivity contribution in [3.63, 3.8) is 0 Å². The fourth-order valence-electron chi connectivity index (χ4n) is 2.79. The summed E-state index contributed by atoms with van der Waals surface area (Å²) >= 11 is 0. The molecule has 0 aliphatic heterocycles. The number of para-hydroxylation sites is 1. The average molecular weight is 522 g/mol. The third-order valence-corrected chi connectivity index (χ3v) is 4.62. The zero-order valence-electron chi connectivity index (χ0n) is 19.2. The van der Waals surface area contributed by atoms with E-state index in [-0.39, 0.29) is 36.2 Å². The summed E-state index contributed by atoms with van der Waals surface area (Å²) < 4.78 is 34.0. The summed E-state index contributed by atoms with van der Waals surface area (Å²) in [5.74, 6) is 0.156. The Morgan fingerprint density at radius 3 is 1.35 bits per heavy atom. The minimum absolute atomic E-state index is 0. The molecule has 0 heterocycles. The van der Waals surface area contributed by atoms with E-state index in [1.165, 1.54) is 0 Å². The topological polar surface area (TPSA) is 190 Å². The summed E-state index contributed by atoms with van der Waals surface area (Å²) in [4.78, 5) is 7.30. The Balaban J connectivity index is -0.000000409. The van der Waals surface area contributed by atoms with E-state index in [4.69, 9.17) is 18.6 Å². The molecule has 1 aromatic rings. The molecular weight excluding hydrogens is 483 g/mol. The molecular formula is C19H39ClN3O7Zn+. The first-order chi connectivity index (χ1) is 13.1. The summed E-state index contributed by atoms with van der Waals surface area (Å²) in [5.41, 5.74) is 0.909. The van der Waals surface area contributed by atoms with Gasteiger partial charge in [0.2, 0.25) is 0 Å². The predicted molar refractivity (Wildman–Crippen MR) is 105 cm³/mol. The number of rotatable bonds is 12. The molecule has 10 nitrogen and oxygen atoms in total. The van der Waals surface area contributed by atoms with Crippen LogP contribution in [0.1, 0.15) is 33.3 Å². The quantitative estimate of drug-likeness (QED) is 0.195. The fraction of sp³-hybridized carbons (Fsp3) is 0.684. The number of halogens is 1. The van der Waals surface area contributed by atoms with E-state index in [9.17, 15) is 5.11 Å². The molecule has 0 aromatic heterocycles. The van der Waals surface area contributed by atoms with Crippen LogP contribution >= 0.6 is 0 Å². The minimum atomic E-state index is -4.94. The molecule has 0 spiro atoms. The van der Waals surface area contributed by atoms with E-state index in [1.54, 1.807) is 6.07 Å². The van der Waals surface area contributed by atoms with E-state index >= 15 is 0 Å². The molecule has 12 heteroatoms. The van der Waals surface area contributed by atoms with Crippen molar-refractivity contribution < 1.29 is 64.4 Å². The first kappa shape index (κ1) is 37.9. The molecule has 0 radical (unpaired) electrons.